The van der Waals surface area contributed by atoms with E-state index in [0.717, 1.165) is 86.1 Å². The van der Waals surface area contributed by atoms with Gasteiger partial charge in [-0.1, -0.05) is 32.1 Å². The van der Waals surface area contributed by atoms with Gasteiger partial charge in [0.05, 0.1) is 29.0 Å². The number of β-amino-alcohol motifs (C(OH)–C–C–N with tert-alkyl or cyclic N) is 1. The van der Waals surface area contributed by atoms with Gasteiger partial charge in [-0.3, -0.25) is 9.89 Å². The third-order valence-corrected chi connectivity index (χ3v) is 9.37. The van der Waals surface area contributed by atoms with E-state index in [0.29, 0.717) is 18.2 Å². The van der Waals surface area contributed by atoms with Crippen LogP contribution in [0.3, 0.4) is 0 Å². The number of benzene rings is 2. The van der Waals surface area contributed by atoms with Crippen LogP contribution in [-0.4, -0.2) is 76.2 Å². The summed E-state index contributed by atoms with van der Waals surface area (Å²) in [5.74, 6) is 0.788. The Bertz CT molecular complexity index is 1320. The number of aromatic nitrogens is 2. The van der Waals surface area contributed by atoms with Gasteiger partial charge < -0.3 is 24.8 Å². The second kappa shape index (κ2) is 13.1. The van der Waals surface area contributed by atoms with Gasteiger partial charge in [0.1, 0.15) is 11.9 Å². The Balaban J connectivity index is 1.09. The third-order valence-electron chi connectivity index (χ3n) is 9.37. The molecule has 0 bridgehead atoms. The number of ether oxygens (including phenoxy) is 2. The Labute approximate surface area is 249 Å². The molecule has 2 aliphatic carbocycles. The average molecular weight is 575 g/mol. The molecule has 3 aromatic rings. The summed E-state index contributed by atoms with van der Waals surface area (Å²) in [6.45, 7) is 5.01. The standard InChI is InChI=1S/C34H46N4O4/c1-24(39)22-38-19-15-28(16-20-38)41-27-12-9-25(10-13-27)32-30-21-26(11-14-31(30)36-37-32)33(40)35-23-34(17-5-2-6-18-34)42-29-7-3-4-8-29/h9-14,21,24,28-29,39H,2-8,15-20,22-23H2,1H3,(H,35,40)(H,36,37). The Morgan fingerprint density at radius 3 is 2.48 bits per heavy atom. The molecule has 1 saturated heterocycles. The number of carbonyl (C=O) groups excluding carboxylic acids is 1. The molecule has 0 spiro atoms. The van der Waals surface area contributed by atoms with Crippen molar-refractivity contribution >= 4 is 16.8 Å². The molecule has 42 heavy (non-hydrogen) atoms. The Kier molecular flexibility index (Phi) is 9.12. The molecule has 8 heteroatoms. The molecule has 3 aliphatic rings. The fraction of sp³-hybridized carbons (Fsp3) is 0.588. The first kappa shape index (κ1) is 29.1. The van der Waals surface area contributed by atoms with Crippen molar-refractivity contribution in [3.8, 4) is 17.0 Å². The largest absolute Gasteiger partial charge is 0.490 e. The lowest BCUT2D eigenvalue weighted by atomic mass is 9.84. The van der Waals surface area contributed by atoms with Crippen LogP contribution < -0.4 is 10.1 Å². The first-order valence-electron chi connectivity index (χ1n) is 16.1. The lowest BCUT2D eigenvalue weighted by molar-refractivity contribution is -0.108. The van der Waals surface area contributed by atoms with Crippen LogP contribution in [0.5, 0.6) is 5.75 Å². The van der Waals surface area contributed by atoms with E-state index in [4.69, 9.17) is 9.47 Å². The molecule has 2 aromatic carbocycles. The van der Waals surface area contributed by atoms with Crippen LogP contribution in [0.1, 0.15) is 87.9 Å². The summed E-state index contributed by atoms with van der Waals surface area (Å²) in [5.41, 5.74) is 3.11. The van der Waals surface area contributed by atoms with Crippen LogP contribution in [0, 0.1) is 0 Å². The van der Waals surface area contributed by atoms with E-state index < -0.39 is 0 Å². The molecule has 1 aromatic heterocycles. The van der Waals surface area contributed by atoms with Crippen molar-refractivity contribution in [2.75, 3.05) is 26.2 Å². The van der Waals surface area contributed by atoms with Crippen molar-refractivity contribution in [3.63, 3.8) is 0 Å². The van der Waals surface area contributed by atoms with Crippen molar-refractivity contribution in [1.29, 1.82) is 0 Å². The van der Waals surface area contributed by atoms with Gasteiger partial charge in [0.2, 0.25) is 0 Å². The van der Waals surface area contributed by atoms with Gasteiger partial charge >= 0.3 is 0 Å². The van der Waals surface area contributed by atoms with E-state index in [-0.39, 0.29) is 23.7 Å². The summed E-state index contributed by atoms with van der Waals surface area (Å²) in [6.07, 6.45) is 12.6. The fourth-order valence-electron chi connectivity index (χ4n) is 7.08. The quantitative estimate of drug-likeness (QED) is 0.281. The maximum absolute atomic E-state index is 13.4. The number of nitrogens with one attached hydrogen (secondary N) is 2. The normalized spacial score (nSPS) is 21.0. The van der Waals surface area contributed by atoms with E-state index in [1.165, 1.54) is 32.1 Å². The summed E-state index contributed by atoms with van der Waals surface area (Å²) in [6, 6.07) is 13.8. The van der Waals surface area contributed by atoms with Crippen LogP contribution in [0.15, 0.2) is 42.5 Å². The number of piperidine rings is 1. The van der Waals surface area contributed by atoms with Crippen molar-refractivity contribution in [2.24, 2.45) is 0 Å². The van der Waals surface area contributed by atoms with E-state index in [2.05, 4.69) is 20.4 Å². The zero-order valence-corrected chi connectivity index (χ0v) is 24.9. The first-order chi connectivity index (χ1) is 20.5. The SMILES string of the molecule is CC(O)CN1CCC(Oc2ccc(-c3n[nH]c4ccc(C(=O)NCC5(OC6CCCC6)CCCCC5)cc34)cc2)CC1. The topological polar surface area (TPSA) is 99.7 Å². The third kappa shape index (κ3) is 6.99. The number of nitrogens with zero attached hydrogens (tertiary/aromatic N) is 2. The number of aliphatic hydroxyl groups is 1. The Morgan fingerprint density at radius 1 is 1.02 bits per heavy atom. The lowest BCUT2D eigenvalue weighted by Crippen LogP contribution is -2.48. The number of aromatic amines is 1. The van der Waals surface area contributed by atoms with Gasteiger partial charge in [-0.25, -0.2) is 0 Å². The molecule has 1 aliphatic heterocycles. The molecule has 3 N–H and O–H groups in total. The van der Waals surface area contributed by atoms with Crippen LogP contribution in [-0.2, 0) is 4.74 Å². The second-order valence-corrected chi connectivity index (χ2v) is 12.8. The van der Waals surface area contributed by atoms with Crippen LogP contribution >= 0.6 is 0 Å². The lowest BCUT2D eigenvalue weighted by Gasteiger charge is -2.39. The van der Waals surface area contributed by atoms with E-state index in [9.17, 15) is 9.90 Å². The molecule has 226 valence electrons. The number of hydrogen-bond acceptors (Lipinski definition) is 6. The summed E-state index contributed by atoms with van der Waals surface area (Å²) in [7, 11) is 0. The summed E-state index contributed by atoms with van der Waals surface area (Å²) in [5, 5.41) is 21.5. The van der Waals surface area contributed by atoms with Crippen LogP contribution in [0.4, 0.5) is 0 Å². The van der Waals surface area contributed by atoms with Crippen molar-refractivity contribution in [1.82, 2.24) is 20.4 Å². The molecular weight excluding hydrogens is 528 g/mol. The highest BCUT2D eigenvalue weighted by atomic mass is 16.5. The Morgan fingerprint density at radius 2 is 1.76 bits per heavy atom. The first-order valence-corrected chi connectivity index (χ1v) is 16.1. The van der Waals surface area contributed by atoms with Gasteiger partial charge in [0.15, 0.2) is 0 Å². The van der Waals surface area contributed by atoms with Gasteiger partial charge in [-0.2, -0.15) is 5.10 Å². The predicted molar refractivity (Wildman–Crippen MR) is 165 cm³/mol. The minimum atomic E-state index is -0.298. The average Bonchev–Trinajstić information content (AvgIpc) is 3.67. The maximum atomic E-state index is 13.4. The summed E-state index contributed by atoms with van der Waals surface area (Å²) < 4.78 is 13.0. The van der Waals surface area contributed by atoms with Gasteiger partial charge in [-0.15, -0.1) is 0 Å². The predicted octanol–water partition coefficient (Wildman–Crippen LogP) is 5.85. The van der Waals surface area contributed by atoms with Gasteiger partial charge in [0, 0.05) is 42.7 Å². The number of likely N-dealkylation sites (tertiary alicyclic amines) is 1. The molecule has 0 radical (unpaired) electrons. The minimum Gasteiger partial charge on any atom is -0.490 e. The number of carbonyl (C=O) groups is 1. The van der Waals surface area contributed by atoms with Crippen molar-refractivity contribution < 1.29 is 19.4 Å². The molecule has 8 nitrogen and oxygen atoms in total. The monoisotopic (exact) mass is 574 g/mol. The summed E-state index contributed by atoms with van der Waals surface area (Å²) >= 11 is 0. The number of H-pyrrole nitrogens is 1. The summed E-state index contributed by atoms with van der Waals surface area (Å²) in [4.78, 5) is 15.7. The highest BCUT2D eigenvalue weighted by Gasteiger charge is 2.36. The number of amides is 1. The molecule has 1 atom stereocenters. The molecule has 1 unspecified atom stereocenters. The molecule has 2 saturated carbocycles. The van der Waals surface area contributed by atoms with Crippen LogP contribution in [0.2, 0.25) is 0 Å². The van der Waals surface area contributed by atoms with Crippen LogP contribution in [0.25, 0.3) is 22.2 Å². The molecule has 3 fully saturated rings. The minimum absolute atomic E-state index is 0.0627. The zero-order chi connectivity index (χ0) is 28.9. The molecular formula is C34H46N4O4. The highest BCUT2D eigenvalue weighted by molar-refractivity contribution is 6.01. The number of aliphatic hydroxyl groups excluding tert-OH is 1. The molecule has 6 rings (SSSR count). The van der Waals surface area contributed by atoms with E-state index >= 15 is 0 Å². The zero-order valence-electron chi connectivity index (χ0n) is 24.9. The molecule has 2 heterocycles. The molecule has 1 amide bonds. The fourth-order valence-corrected chi connectivity index (χ4v) is 7.08. The highest BCUT2D eigenvalue weighted by Crippen LogP contribution is 2.36. The number of fused-ring (bicyclic) bond motifs is 1. The second-order valence-electron chi connectivity index (χ2n) is 12.8. The van der Waals surface area contributed by atoms with Crippen molar-refractivity contribution in [2.45, 2.75) is 101 Å². The van der Waals surface area contributed by atoms with Crippen molar-refractivity contribution in [3.05, 3.63) is 48.0 Å². The maximum Gasteiger partial charge on any atom is 0.251 e. The number of rotatable bonds is 10. The Hall–Kier alpha value is -2.94. The van der Waals surface area contributed by atoms with E-state index in [1.54, 1.807) is 0 Å². The van der Waals surface area contributed by atoms with E-state index in [1.807, 2.05) is 49.4 Å². The smallest absolute Gasteiger partial charge is 0.251 e. The van der Waals surface area contributed by atoms with Gasteiger partial charge in [0.25, 0.3) is 5.91 Å². The van der Waals surface area contributed by atoms with Gasteiger partial charge in [-0.05, 0) is 87.9 Å². The number of hydrogen-bond donors (Lipinski definition) is 3.